The van der Waals surface area contributed by atoms with Crippen LogP contribution in [0.5, 0.6) is 0 Å². The van der Waals surface area contributed by atoms with Gasteiger partial charge in [0.05, 0.1) is 6.10 Å². The summed E-state index contributed by atoms with van der Waals surface area (Å²) >= 11 is 11.6. The van der Waals surface area contributed by atoms with Crippen LogP contribution in [0.15, 0.2) is 48.5 Å². The summed E-state index contributed by atoms with van der Waals surface area (Å²) in [4.78, 5) is 11.9. The molecule has 20 heavy (non-hydrogen) atoms. The van der Waals surface area contributed by atoms with Crippen LogP contribution in [-0.2, 0) is 0 Å². The maximum absolute atomic E-state index is 11.9. The summed E-state index contributed by atoms with van der Waals surface area (Å²) in [6, 6.07) is 13.5. The molecule has 5 heteroatoms. The van der Waals surface area contributed by atoms with E-state index >= 15 is 0 Å². The fraction of sp³-hybridized carbons (Fsp3) is 0.133. The Morgan fingerprint density at radius 3 is 2.45 bits per heavy atom. The number of amides is 1. The molecule has 0 aliphatic heterocycles. The smallest absolute Gasteiger partial charge is 0.251 e. The monoisotopic (exact) mass is 309 g/mol. The second-order valence-electron chi connectivity index (χ2n) is 4.29. The number of carbonyl (C=O) groups excluding carboxylic acids is 1. The molecule has 3 nitrogen and oxygen atoms in total. The van der Waals surface area contributed by atoms with Crippen molar-refractivity contribution in [1.82, 2.24) is 5.32 Å². The van der Waals surface area contributed by atoms with E-state index in [0.717, 1.165) is 0 Å². The third kappa shape index (κ3) is 3.97. The van der Waals surface area contributed by atoms with Gasteiger partial charge in [-0.25, -0.2) is 0 Å². The lowest BCUT2D eigenvalue weighted by Gasteiger charge is -2.12. The van der Waals surface area contributed by atoms with E-state index in [-0.39, 0.29) is 12.5 Å². The number of aliphatic hydroxyl groups is 1. The molecular weight excluding hydrogens is 297 g/mol. The van der Waals surface area contributed by atoms with Crippen LogP contribution in [0.1, 0.15) is 22.0 Å². The minimum atomic E-state index is -0.782. The molecular formula is C15H13Cl2NO2. The van der Waals surface area contributed by atoms with E-state index in [1.807, 2.05) is 0 Å². The van der Waals surface area contributed by atoms with Gasteiger partial charge in [0.15, 0.2) is 0 Å². The number of hydrogen-bond donors (Lipinski definition) is 2. The first kappa shape index (κ1) is 14.9. The molecule has 2 aromatic rings. The third-order valence-corrected chi connectivity index (χ3v) is 3.28. The molecule has 0 fully saturated rings. The number of nitrogens with one attached hydrogen (secondary N) is 1. The summed E-state index contributed by atoms with van der Waals surface area (Å²) in [5.74, 6) is -0.277. The van der Waals surface area contributed by atoms with Crippen molar-refractivity contribution in [1.29, 1.82) is 0 Å². The van der Waals surface area contributed by atoms with Gasteiger partial charge in [-0.3, -0.25) is 4.79 Å². The molecule has 1 atom stereocenters. The van der Waals surface area contributed by atoms with Crippen LogP contribution in [0, 0.1) is 0 Å². The van der Waals surface area contributed by atoms with Crippen molar-refractivity contribution in [2.24, 2.45) is 0 Å². The van der Waals surface area contributed by atoms with Gasteiger partial charge in [-0.05, 0) is 35.9 Å². The highest BCUT2D eigenvalue weighted by Gasteiger charge is 2.11. The molecule has 2 aromatic carbocycles. The van der Waals surface area contributed by atoms with Gasteiger partial charge in [-0.1, -0.05) is 41.4 Å². The Morgan fingerprint density at radius 2 is 1.80 bits per heavy atom. The molecule has 2 N–H and O–H groups in total. The molecule has 0 bridgehead atoms. The van der Waals surface area contributed by atoms with Crippen molar-refractivity contribution in [2.45, 2.75) is 6.10 Å². The largest absolute Gasteiger partial charge is 0.387 e. The lowest BCUT2D eigenvalue weighted by molar-refractivity contribution is 0.0916. The van der Waals surface area contributed by atoms with E-state index in [0.29, 0.717) is 21.2 Å². The van der Waals surface area contributed by atoms with E-state index in [1.165, 1.54) is 0 Å². The van der Waals surface area contributed by atoms with Crippen molar-refractivity contribution in [3.05, 3.63) is 69.7 Å². The summed E-state index contributed by atoms with van der Waals surface area (Å²) in [5.41, 5.74) is 1.15. The van der Waals surface area contributed by atoms with Gasteiger partial charge in [-0.2, -0.15) is 0 Å². The Balaban J connectivity index is 1.94. The molecule has 0 aromatic heterocycles. The van der Waals surface area contributed by atoms with Crippen LogP contribution in [0.2, 0.25) is 10.0 Å². The van der Waals surface area contributed by atoms with Crippen molar-refractivity contribution in [2.75, 3.05) is 6.54 Å². The van der Waals surface area contributed by atoms with E-state index in [1.54, 1.807) is 48.5 Å². The topological polar surface area (TPSA) is 49.3 Å². The van der Waals surface area contributed by atoms with Crippen molar-refractivity contribution < 1.29 is 9.90 Å². The number of aliphatic hydroxyl groups excluding tert-OH is 1. The number of hydrogen-bond acceptors (Lipinski definition) is 2. The van der Waals surface area contributed by atoms with E-state index in [9.17, 15) is 9.90 Å². The normalized spacial score (nSPS) is 11.9. The number of carbonyl (C=O) groups is 1. The van der Waals surface area contributed by atoms with Gasteiger partial charge in [0.2, 0.25) is 0 Å². The van der Waals surface area contributed by atoms with Crippen LogP contribution in [0.4, 0.5) is 0 Å². The van der Waals surface area contributed by atoms with Crippen molar-refractivity contribution in [3.63, 3.8) is 0 Å². The fourth-order valence-corrected chi connectivity index (χ4v) is 2.04. The summed E-state index contributed by atoms with van der Waals surface area (Å²) < 4.78 is 0. The highest BCUT2D eigenvalue weighted by atomic mass is 35.5. The van der Waals surface area contributed by atoms with Crippen LogP contribution < -0.4 is 5.32 Å². The first-order chi connectivity index (χ1) is 9.56. The number of halogens is 2. The maximum atomic E-state index is 11.9. The minimum absolute atomic E-state index is 0.118. The Morgan fingerprint density at radius 1 is 1.10 bits per heavy atom. The SMILES string of the molecule is O=C(NC[C@@H](O)c1ccc(Cl)cc1)c1cccc(Cl)c1. The molecule has 0 aliphatic rings. The van der Waals surface area contributed by atoms with Gasteiger partial charge in [0.25, 0.3) is 5.91 Å². The Bertz CT molecular complexity index is 599. The zero-order chi connectivity index (χ0) is 14.5. The average molecular weight is 310 g/mol. The fourth-order valence-electron chi connectivity index (χ4n) is 1.72. The van der Waals surface area contributed by atoms with E-state index < -0.39 is 6.10 Å². The zero-order valence-corrected chi connectivity index (χ0v) is 12.0. The van der Waals surface area contributed by atoms with Crippen LogP contribution >= 0.6 is 23.2 Å². The lowest BCUT2D eigenvalue weighted by atomic mass is 10.1. The van der Waals surface area contributed by atoms with Gasteiger partial charge in [0.1, 0.15) is 0 Å². The molecule has 0 saturated carbocycles. The molecule has 2 rings (SSSR count). The van der Waals surface area contributed by atoms with E-state index in [4.69, 9.17) is 23.2 Å². The first-order valence-electron chi connectivity index (χ1n) is 6.03. The first-order valence-corrected chi connectivity index (χ1v) is 6.79. The van der Waals surface area contributed by atoms with Crippen LogP contribution in [0.3, 0.4) is 0 Å². The second kappa shape index (κ2) is 6.75. The molecule has 0 unspecified atom stereocenters. The quantitative estimate of drug-likeness (QED) is 0.908. The molecule has 0 radical (unpaired) electrons. The van der Waals surface area contributed by atoms with Crippen molar-refractivity contribution in [3.8, 4) is 0 Å². The Hall–Kier alpha value is -1.55. The Labute approximate surface area is 127 Å². The summed E-state index contributed by atoms with van der Waals surface area (Å²) in [6.45, 7) is 0.118. The van der Waals surface area contributed by atoms with Crippen molar-refractivity contribution >= 4 is 29.1 Å². The molecule has 104 valence electrons. The number of rotatable bonds is 4. The average Bonchev–Trinajstić information content (AvgIpc) is 2.45. The van der Waals surface area contributed by atoms with Crippen LogP contribution in [0.25, 0.3) is 0 Å². The predicted molar refractivity (Wildman–Crippen MR) is 80.2 cm³/mol. The summed E-state index contributed by atoms with van der Waals surface area (Å²) in [6.07, 6.45) is -0.782. The summed E-state index contributed by atoms with van der Waals surface area (Å²) in [5, 5.41) is 13.7. The lowest BCUT2D eigenvalue weighted by Crippen LogP contribution is -2.28. The minimum Gasteiger partial charge on any atom is -0.387 e. The van der Waals surface area contributed by atoms with Gasteiger partial charge >= 0.3 is 0 Å². The maximum Gasteiger partial charge on any atom is 0.251 e. The summed E-state index contributed by atoms with van der Waals surface area (Å²) in [7, 11) is 0. The van der Waals surface area contributed by atoms with Gasteiger partial charge in [0, 0.05) is 22.2 Å². The highest BCUT2D eigenvalue weighted by Crippen LogP contribution is 2.16. The van der Waals surface area contributed by atoms with Crippen LogP contribution in [-0.4, -0.2) is 17.6 Å². The van der Waals surface area contributed by atoms with Gasteiger partial charge < -0.3 is 10.4 Å². The predicted octanol–water partition coefficient (Wildman–Crippen LogP) is 3.46. The number of benzene rings is 2. The molecule has 1 amide bonds. The van der Waals surface area contributed by atoms with E-state index in [2.05, 4.69) is 5.32 Å². The molecule has 0 heterocycles. The third-order valence-electron chi connectivity index (χ3n) is 2.80. The standard InChI is InChI=1S/C15H13Cl2NO2/c16-12-6-4-10(5-7-12)14(19)9-18-15(20)11-2-1-3-13(17)8-11/h1-8,14,19H,9H2,(H,18,20)/t14-/m1/s1. The van der Waals surface area contributed by atoms with Gasteiger partial charge in [-0.15, -0.1) is 0 Å². The molecule has 0 saturated heterocycles. The molecule has 0 aliphatic carbocycles. The molecule has 0 spiro atoms. The zero-order valence-electron chi connectivity index (χ0n) is 10.5. The Kier molecular flexibility index (Phi) is 5.01. The second-order valence-corrected chi connectivity index (χ2v) is 5.16. The highest BCUT2D eigenvalue weighted by molar-refractivity contribution is 6.31.